The molecular weight excluding hydrogens is 534 g/mol. The maximum absolute atomic E-state index is 14.1. The van der Waals surface area contributed by atoms with Gasteiger partial charge in [0.2, 0.25) is 11.8 Å². The van der Waals surface area contributed by atoms with Crippen LogP contribution >= 0.6 is 11.6 Å². The Balaban J connectivity index is 2.11. The van der Waals surface area contributed by atoms with Crippen LogP contribution in [0.15, 0.2) is 71.6 Å². The van der Waals surface area contributed by atoms with Gasteiger partial charge in [0.1, 0.15) is 12.6 Å². The average molecular weight is 570 g/mol. The molecule has 0 aliphatic heterocycles. The molecule has 0 aromatic heterocycles. The maximum Gasteiger partial charge on any atom is 0.264 e. The minimum Gasteiger partial charge on any atom is -0.355 e. The largest absolute Gasteiger partial charge is 0.355 e. The second kappa shape index (κ2) is 13.1. The van der Waals surface area contributed by atoms with Crippen LogP contribution in [0.5, 0.6) is 0 Å². The highest BCUT2D eigenvalue weighted by Gasteiger charge is 2.34. The zero-order valence-electron chi connectivity index (χ0n) is 23.1. The molecule has 7 nitrogen and oxygen atoms in total. The van der Waals surface area contributed by atoms with E-state index in [4.69, 9.17) is 11.6 Å². The Morgan fingerprint density at radius 2 is 1.59 bits per heavy atom. The van der Waals surface area contributed by atoms with Crippen LogP contribution in [0.2, 0.25) is 5.02 Å². The Morgan fingerprint density at radius 1 is 0.923 bits per heavy atom. The molecule has 0 aliphatic carbocycles. The van der Waals surface area contributed by atoms with Gasteiger partial charge < -0.3 is 10.2 Å². The van der Waals surface area contributed by atoms with Crippen LogP contribution in [0.1, 0.15) is 42.5 Å². The third-order valence-corrected chi connectivity index (χ3v) is 8.66. The third-order valence-electron chi connectivity index (χ3n) is 6.65. The lowest BCUT2D eigenvalue weighted by atomic mass is 10.1. The highest BCUT2D eigenvalue weighted by molar-refractivity contribution is 7.92. The van der Waals surface area contributed by atoms with Crippen molar-refractivity contribution in [2.75, 3.05) is 17.4 Å². The van der Waals surface area contributed by atoms with Gasteiger partial charge in [-0.15, -0.1) is 0 Å². The summed E-state index contributed by atoms with van der Waals surface area (Å²) in [4.78, 5) is 28.7. The zero-order chi connectivity index (χ0) is 28.7. The van der Waals surface area contributed by atoms with Crippen LogP contribution in [0, 0.1) is 20.8 Å². The number of amides is 2. The predicted octanol–water partition coefficient (Wildman–Crippen LogP) is 5.40. The van der Waals surface area contributed by atoms with E-state index in [0.717, 1.165) is 21.0 Å². The first kappa shape index (κ1) is 30.2. The number of nitrogens with zero attached hydrogens (tertiary/aromatic N) is 2. The number of likely N-dealkylation sites (N-methyl/N-ethyl adjacent to an activating group) is 1. The quantitative estimate of drug-likeness (QED) is 0.335. The van der Waals surface area contributed by atoms with E-state index in [0.29, 0.717) is 29.2 Å². The fraction of sp³-hybridized carbons (Fsp3) is 0.333. The van der Waals surface area contributed by atoms with Gasteiger partial charge in [0.05, 0.1) is 10.6 Å². The number of hydrogen-bond acceptors (Lipinski definition) is 4. The topological polar surface area (TPSA) is 86.8 Å². The third kappa shape index (κ3) is 7.19. The van der Waals surface area contributed by atoms with E-state index in [9.17, 15) is 18.0 Å². The zero-order valence-corrected chi connectivity index (χ0v) is 24.6. The molecule has 39 heavy (non-hydrogen) atoms. The summed E-state index contributed by atoms with van der Waals surface area (Å²) in [6.45, 7) is 9.31. The van der Waals surface area contributed by atoms with Crippen molar-refractivity contribution in [3.63, 3.8) is 0 Å². The number of halogens is 1. The standard InChI is InChI=1S/C30H36ClN3O4S/c1-6-27(30(36)32-7-2)33(19-24-11-9-8-10-22(24)4)29(35)20-34(28-17-14-25(31)18-23(28)5)39(37,38)26-15-12-21(3)13-16-26/h8-18,27H,6-7,19-20H2,1-5H3,(H,32,36)/t27-/m0/s1. The van der Waals surface area contributed by atoms with Crippen molar-refractivity contribution >= 4 is 39.1 Å². The molecule has 3 aromatic carbocycles. The molecule has 0 saturated carbocycles. The van der Waals surface area contributed by atoms with Crippen molar-refractivity contribution in [3.8, 4) is 0 Å². The van der Waals surface area contributed by atoms with Crippen LogP contribution in [0.3, 0.4) is 0 Å². The molecule has 0 heterocycles. The van der Waals surface area contributed by atoms with Gasteiger partial charge in [0.15, 0.2) is 0 Å². The van der Waals surface area contributed by atoms with E-state index >= 15 is 0 Å². The Hall–Kier alpha value is -3.36. The molecule has 0 fully saturated rings. The fourth-order valence-electron chi connectivity index (χ4n) is 4.43. The minimum atomic E-state index is -4.14. The van der Waals surface area contributed by atoms with E-state index in [-0.39, 0.29) is 17.3 Å². The fourth-order valence-corrected chi connectivity index (χ4v) is 6.14. The van der Waals surface area contributed by atoms with Gasteiger partial charge >= 0.3 is 0 Å². The highest BCUT2D eigenvalue weighted by atomic mass is 35.5. The maximum atomic E-state index is 14.1. The Labute approximate surface area is 236 Å². The van der Waals surface area contributed by atoms with Crippen molar-refractivity contribution < 1.29 is 18.0 Å². The van der Waals surface area contributed by atoms with Crippen molar-refractivity contribution in [2.24, 2.45) is 0 Å². The molecule has 1 N–H and O–H groups in total. The summed E-state index contributed by atoms with van der Waals surface area (Å²) in [7, 11) is -4.14. The number of carbonyl (C=O) groups excluding carboxylic acids is 2. The SMILES string of the molecule is CCNC(=O)[C@H](CC)N(Cc1ccccc1C)C(=O)CN(c1ccc(Cl)cc1C)S(=O)(=O)c1ccc(C)cc1. The summed E-state index contributed by atoms with van der Waals surface area (Å²) < 4.78 is 29.1. The monoisotopic (exact) mass is 569 g/mol. The van der Waals surface area contributed by atoms with Crippen LogP contribution in [0.25, 0.3) is 0 Å². The number of hydrogen-bond donors (Lipinski definition) is 1. The first-order chi connectivity index (χ1) is 18.5. The summed E-state index contributed by atoms with van der Waals surface area (Å²) in [6.07, 6.45) is 0.369. The second-order valence-corrected chi connectivity index (χ2v) is 11.8. The lowest BCUT2D eigenvalue weighted by Crippen LogP contribution is -2.52. The molecular formula is C30H36ClN3O4S. The van der Waals surface area contributed by atoms with Gasteiger partial charge in [0.25, 0.3) is 10.0 Å². The molecule has 0 spiro atoms. The van der Waals surface area contributed by atoms with Crippen LogP contribution in [-0.4, -0.2) is 44.3 Å². The van der Waals surface area contributed by atoms with E-state index in [1.165, 1.54) is 17.0 Å². The molecule has 3 aromatic rings. The van der Waals surface area contributed by atoms with E-state index in [1.807, 2.05) is 52.0 Å². The number of nitrogens with one attached hydrogen (secondary N) is 1. The lowest BCUT2D eigenvalue weighted by Gasteiger charge is -2.33. The van der Waals surface area contributed by atoms with Crippen LogP contribution in [0.4, 0.5) is 5.69 Å². The summed E-state index contributed by atoms with van der Waals surface area (Å²) in [6, 6.07) is 18.2. The first-order valence-corrected chi connectivity index (χ1v) is 14.8. The second-order valence-electron chi connectivity index (χ2n) is 9.52. The normalized spacial score (nSPS) is 12.1. The molecule has 0 saturated heterocycles. The smallest absolute Gasteiger partial charge is 0.264 e. The average Bonchev–Trinajstić information content (AvgIpc) is 2.89. The number of carbonyl (C=O) groups is 2. The molecule has 208 valence electrons. The van der Waals surface area contributed by atoms with Gasteiger partial charge in [-0.25, -0.2) is 8.42 Å². The first-order valence-electron chi connectivity index (χ1n) is 13.0. The van der Waals surface area contributed by atoms with E-state index in [2.05, 4.69) is 5.32 Å². The summed E-state index contributed by atoms with van der Waals surface area (Å²) in [5, 5.41) is 3.27. The molecule has 9 heteroatoms. The Bertz CT molecular complexity index is 1420. The highest BCUT2D eigenvalue weighted by Crippen LogP contribution is 2.30. The summed E-state index contributed by atoms with van der Waals surface area (Å²) >= 11 is 6.17. The van der Waals surface area contributed by atoms with Gasteiger partial charge in [0, 0.05) is 18.1 Å². The van der Waals surface area contributed by atoms with E-state index < -0.39 is 28.5 Å². The Kier molecular flexibility index (Phi) is 10.2. The number of aryl methyl sites for hydroxylation is 3. The molecule has 2 amide bonds. The van der Waals surface area contributed by atoms with Gasteiger partial charge in [-0.1, -0.05) is 60.5 Å². The Morgan fingerprint density at radius 3 is 2.18 bits per heavy atom. The number of benzene rings is 3. The van der Waals surface area contributed by atoms with Crippen molar-refractivity contribution in [1.82, 2.24) is 10.2 Å². The van der Waals surface area contributed by atoms with Crippen LogP contribution in [-0.2, 0) is 26.2 Å². The number of anilines is 1. The van der Waals surface area contributed by atoms with Crippen molar-refractivity contribution in [2.45, 2.75) is 58.5 Å². The van der Waals surface area contributed by atoms with Crippen LogP contribution < -0.4 is 9.62 Å². The van der Waals surface area contributed by atoms with Gasteiger partial charge in [-0.05, 0) is 81.1 Å². The molecule has 0 aliphatic rings. The molecule has 0 radical (unpaired) electrons. The molecule has 0 bridgehead atoms. The minimum absolute atomic E-state index is 0.0662. The number of sulfonamides is 1. The van der Waals surface area contributed by atoms with E-state index in [1.54, 1.807) is 37.3 Å². The number of rotatable bonds is 11. The van der Waals surface area contributed by atoms with Crippen molar-refractivity contribution in [1.29, 1.82) is 0 Å². The van der Waals surface area contributed by atoms with Gasteiger partial charge in [-0.2, -0.15) is 0 Å². The predicted molar refractivity (Wildman–Crippen MR) is 156 cm³/mol. The summed E-state index contributed by atoms with van der Waals surface area (Å²) in [5.41, 5.74) is 3.71. The van der Waals surface area contributed by atoms with Gasteiger partial charge in [-0.3, -0.25) is 13.9 Å². The van der Waals surface area contributed by atoms with Crippen molar-refractivity contribution in [3.05, 3.63) is 94.0 Å². The summed E-state index contributed by atoms with van der Waals surface area (Å²) in [5.74, 6) is -0.765. The lowest BCUT2D eigenvalue weighted by molar-refractivity contribution is -0.140. The molecule has 1 atom stereocenters. The molecule has 0 unspecified atom stereocenters. The molecule has 3 rings (SSSR count).